The molecule has 6 heavy (non-hydrogen) atoms. The van der Waals surface area contributed by atoms with Gasteiger partial charge in [0.05, 0.1) is 16.1 Å². The van der Waals surface area contributed by atoms with Crippen LogP contribution in [-0.4, -0.2) is 13.8 Å². The fourth-order valence-electron chi connectivity index (χ4n) is 0.194. The van der Waals surface area contributed by atoms with E-state index in [-0.39, 0.29) is 0 Å². The molecule has 0 radical (unpaired) electrons. The average molecular weight is 148 g/mol. The molecule has 0 aromatic carbocycles. The highest BCUT2D eigenvalue weighted by molar-refractivity contribution is 9.08. The summed E-state index contributed by atoms with van der Waals surface area (Å²) in [6.45, 7) is 0. The summed E-state index contributed by atoms with van der Waals surface area (Å²) >= 11 is 3.02. The van der Waals surface area contributed by atoms with Gasteiger partial charge in [0.25, 0.3) is 0 Å². The number of nitrogens with zero attached hydrogens (tertiary/aromatic N) is 3. The van der Waals surface area contributed by atoms with Crippen molar-refractivity contribution in [1.82, 2.24) is 13.8 Å². The van der Waals surface area contributed by atoms with Crippen molar-refractivity contribution in [2.75, 3.05) is 0 Å². The molecular weight excluding hydrogens is 146 g/mol. The van der Waals surface area contributed by atoms with Crippen LogP contribution in [0.5, 0.6) is 0 Å². The van der Waals surface area contributed by atoms with Crippen LogP contribution in [0.2, 0.25) is 0 Å². The smallest absolute Gasteiger partial charge is 0.138 e. The van der Waals surface area contributed by atoms with Crippen molar-refractivity contribution >= 4 is 16.1 Å². The first kappa shape index (κ1) is 3.80. The van der Waals surface area contributed by atoms with Crippen LogP contribution in [-0.2, 0) is 0 Å². The number of aromatic nitrogens is 3. The number of rotatable bonds is 0. The molecule has 0 saturated carbocycles. The second-order valence-electron chi connectivity index (χ2n) is 0.784. The second-order valence-corrected chi connectivity index (χ2v) is 1.51. The molecule has 0 spiro atoms. The van der Waals surface area contributed by atoms with E-state index in [2.05, 4.69) is 26.2 Å². The van der Waals surface area contributed by atoms with E-state index >= 15 is 0 Å². The summed E-state index contributed by atoms with van der Waals surface area (Å²) in [5.41, 5.74) is 0. The molecule has 1 rings (SSSR count). The Bertz CT molecular complexity index is 112. The quantitative estimate of drug-likeness (QED) is 0.534. The molecular formula is C2H2BrN3. The summed E-state index contributed by atoms with van der Waals surface area (Å²) < 4.78 is 1.45. The molecule has 4 heteroatoms. The maximum Gasteiger partial charge on any atom is 0.138 e. The van der Waals surface area contributed by atoms with E-state index in [4.69, 9.17) is 0 Å². The van der Waals surface area contributed by atoms with Crippen LogP contribution < -0.4 is 0 Å². The molecule has 0 unspecified atom stereocenters. The molecule has 1 aromatic heterocycles. The summed E-state index contributed by atoms with van der Waals surface area (Å²) in [7, 11) is 0. The van der Waals surface area contributed by atoms with Gasteiger partial charge < -0.3 is 0 Å². The van der Waals surface area contributed by atoms with E-state index < -0.39 is 0 Å². The van der Waals surface area contributed by atoms with Crippen molar-refractivity contribution in [3.8, 4) is 0 Å². The molecule has 0 atom stereocenters. The summed E-state index contributed by atoms with van der Waals surface area (Å²) in [5, 5.41) is 3.64. The molecule has 0 N–H and O–H groups in total. The molecule has 0 aliphatic heterocycles. The lowest BCUT2D eigenvalue weighted by atomic mass is 11.3. The van der Waals surface area contributed by atoms with Crippen LogP contribution in [0.1, 0.15) is 0 Å². The van der Waals surface area contributed by atoms with E-state index in [0.29, 0.717) is 0 Å². The third-order valence-electron chi connectivity index (χ3n) is 0.391. The summed E-state index contributed by atoms with van der Waals surface area (Å²) in [6.07, 6.45) is 3.01. The third-order valence-corrected chi connectivity index (χ3v) is 0.757. The zero-order valence-corrected chi connectivity index (χ0v) is 4.46. The molecule has 0 saturated heterocycles. The van der Waals surface area contributed by atoms with Gasteiger partial charge in [0.2, 0.25) is 0 Å². The van der Waals surface area contributed by atoms with Gasteiger partial charge in [-0.05, 0) is 0 Å². The Balaban J connectivity index is 3.05. The lowest BCUT2D eigenvalue weighted by Crippen LogP contribution is -1.72. The van der Waals surface area contributed by atoms with Crippen LogP contribution in [0.4, 0.5) is 0 Å². The zero-order chi connectivity index (χ0) is 4.41. The first-order chi connectivity index (χ1) is 2.89. The largest absolute Gasteiger partial charge is 0.222 e. The maximum atomic E-state index is 3.64. The predicted molar refractivity (Wildman–Crippen MR) is 24.3 cm³/mol. The number of halogens is 1. The Kier molecular flexibility index (Phi) is 0.874. The zero-order valence-electron chi connectivity index (χ0n) is 2.87. The minimum absolute atomic E-state index is 1.45. The van der Waals surface area contributed by atoms with Crippen LogP contribution in [0.25, 0.3) is 0 Å². The Morgan fingerprint density at radius 1 is 1.67 bits per heavy atom. The van der Waals surface area contributed by atoms with E-state index in [1.165, 1.54) is 10.0 Å². The van der Waals surface area contributed by atoms with Gasteiger partial charge in [0.15, 0.2) is 0 Å². The van der Waals surface area contributed by atoms with Gasteiger partial charge in [-0.3, -0.25) is 0 Å². The Hall–Kier alpha value is -0.380. The first-order valence-corrected chi connectivity index (χ1v) is 2.11. The van der Waals surface area contributed by atoms with E-state index in [0.717, 1.165) is 0 Å². The molecule has 0 bridgehead atoms. The predicted octanol–water partition coefficient (Wildman–Crippen LogP) is 0.436. The fraction of sp³-hybridized carbons (Fsp3) is 0. The van der Waals surface area contributed by atoms with E-state index in [9.17, 15) is 0 Å². The normalized spacial score (nSPS) is 8.83. The van der Waals surface area contributed by atoms with E-state index in [1.807, 2.05) is 0 Å². The van der Waals surface area contributed by atoms with Gasteiger partial charge in [-0.25, -0.2) is 4.98 Å². The minimum Gasteiger partial charge on any atom is -0.222 e. The molecule has 1 heterocycles. The lowest BCUT2D eigenvalue weighted by Gasteiger charge is -1.70. The first-order valence-electron chi connectivity index (χ1n) is 1.40. The SMILES string of the molecule is Brn1cncn1. The van der Waals surface area contributed by atoms with Crippen LogP contribution in [0, 0.1) is 0 Å². The van der Waals surface area contributed by atoms with Crippen LogP contribution in [0.3, 0.4) is 0 Å². The molecule has 0 aliphatic rings. The summed E-state index contributed by atoms with van der Waals surface area (Å²) in [4.78, 5) is 3.63. The third kappa shape index (κ3) is 0.567. The fourth-order valence-corrected chi connectivity index (χ4v) is 0.381. The van der Waals surface area contributed by atoms with Crippen LogP contribution >= 0.6 is 16.1 Å². The van der Waals surface area contributed by atoms with Crippen molar-refractivity contribution in [3.63, 3.8) is 0 Å². The van der Waals surface area contributed by atoms with Gasteiger partial charge in [0.1, 0.15) is 12.7 Å². The Morgan fingerprint density at radius 2 is 2.50 bits per heavy atom. The highest BCUT2D eigenvalue weighted by atomic mass is 79.9. The monoisotopic (exact) mass is 147 g/mol. The molecule has 3 nitrogen and oxygen atoms in total. The Labute approximate surface area is 43.3 Å². The van der Waals surface area contributed by atoms with Crippen molar-refractivity contribution in [2.24, 2.45) is 0 Å². The highest BCUT2D eigenvalue weighted by Crippen LogP contribution is 1.81. The van der Waals surface area contributed by atoms with Crippen molar-refractivity contribution in [1.29, 1.82) is 0 Å². The van der Waals surface area contributed by atoms with Gasteiger partial charge in [-0.1, -0.05) is 0 Å². The van der Waals surface area contributed by atoms with Gasteiger partial charge >= 0.3 is 0 Å². The van der Waals surface area contributed by atoms with Gasteiger partial charge in [0, 0.05) is 0 Å². The second kappa shape index (κ2) is 1.38. The topological polar surface area (TPSA) is 30.7 Å². The minimum atomic E-state index is 1.45. The summed E-state index contributed by atoms with van der Waals surface area (Å²) in [5.74, 6) is 0. The molecule has 1 aromatic rings. The number of hydrogen-bond donors (Lipinski definition) is 0. The molecule has 32 valence electrons. The van der Waals surface area contributed by atoms with Crippen molar-refractivity contribution in [3.05, 3.63) is 12.7 Å². The van der Waals surface area contributed by atoms with Crippen molar-refractivity contribution in [2.45, 2.75) is 0 Å². The number of hydrogen-bond acceptors (Lipinski definition) is 2. The highest BCUT2D eigenvalue weighted by Gasteiger charge is 1.73. The van der Waals surface area contributed by atoms with Crippen molar-refractivity contribution < 1.29 is 0 Å². The molecule has 0 fully saturated rings. The van der Waals surface area contributed by atoms with Gasteiger partial charge in [-0.15, -0.1) is 5.10 Å². The van der Waals surface area contributed by atoms with Gasteiger partial charge in [-0.2, -0.15) is 3.71 Å². The average Bonchev–Trinajstić information content (AvgIpc) is 1.86. The maximum absolute atomic E-state index is 3.64. The molecule has 0 amide bonds. The molecule has 0 aliphatic carbocycles. The Morgan fingerprint density at radius 3 is 2.67 bits per heavy atom. The van der Waals surface area contributed by atoms with E-state index in [1.54, 1.807) is 6.33 Å². The lowest BCUT2D eigenvalue weighted by molar-refractivity contribution is 1.03. The summed E-state index contributed by atoms with van der Waals surface area (Å²) in [6, 6.07) is 0. The standard InChI is InChI=1S/C2H2BrN3/c3-6-2-4-1-5-6/h1-2H. The van der Waals surface area contributed by atoms with Crippen LogP contribution in [0.15, 0.2) is 12.7 Å².